The van der Waals surface area contributed by atoms with Crippen LogP contribution in [0.5, 0.6) is 0 Å². The maximum atomic E-state index is 13.0. The molecule has 0 aliphatic heterocycles. The summed E-state index contributed by atoms with van der Waals surface area (Å²) >= 11 is 11.3. The summed E-state index contributed by atoms with van der Waals surface area (Å²) in [6.45, 7) is 6.10. The lowest BCUT2D eigenvalue weighted by molar-refractivity contribution is 0.628. The molecule has 21 heavy (non-hydrogen) atoms. The van der Waals surface area contributed by atoms with Crippen molar-refractivity contribution < 1.29 is 4.39 Å². The topological polar surface area (TPSA) is 24.1 Å². The molecule has 2 nitrogen and oxygen atoms in total. The molecular formula is C16H16ClFN2S. The number of aryl methyl sites for hydroxylation is 3. The van der Waals surface area contributed by atoms with E-state index in [1.807, 2.05) is 13.8 Å². The van der Waals surface area contributed by atoms with Crippen LogP contribution in [-0.2, 0) is 0 Å². The van der Waals surface area contributed by atoms with Crippen LogP contribution in [0.3, 0.4) is 0 Å². The molecule has 2 aromatic rings. The molecule has 2 N–H and O–H groups in total. The summed E-state index contributed by atoms with van der Waals surface area (Å²) in [4.78, 5) is 0. The molecule has 110 valence electrons. The van der Waals surface area contributed by atoms with Gasteiger partial charge in [-0.15, -0.1) is 0 Å². The Labute approximate surface area is 134 Å². The fourth-order valence-corrected chi connectivity index (χ4v) is 2.66. The van der Waals surface area contributed by atoms with Crippen molar-refractivity contribution in [2.75, 3.05) is 10.6 Å². The monoisotopic (exact) mass is 322 g/mol. The molecule has 0 aliphatic carbocycles. The second-order valence-electron chi connectivity index (χ2n) is 4.98. The summed E-state index contributed by atoms with van der Waals surface area (Å²) < 4.78 is 13.0. The van der Waals surface area contributed by atoms with E-state index >= 15 is 0 Å². The molecule has 0 saturated heterocycles. The van der Waals surface area contributed by atoms with Gasteiger partial charge in [-0.1, -0.05) is 29.3 Å². The molecule has 0 aliphatic rings. The number of thiocarbonyl (C=S) groups is 1. The van der Waals surface area contributed by atoms with Crippen LogP contribution in [-0.4, -0.2) is 5.11 Å². The van der Waals surface area contributed by atoms with E-state index in [0.29, 0.717) is 10.8 Å². The van der Waals surface area contributed by atoms with E-state index in [1.165, 1.54) is 17.7 Å². The van der Waals surface area contributed by atoms with Gasteiger partial charge >= 0.3 is 0 Å². The first-order chi connectivity index (χ1) is 9.86. The van der Waals surface area contributed by atoms with Crippen LogP contribution in [0.2, 0.25) is 5.02 Å². The van der Waals surface area contributed by atoms with Gasteiger partial charge in [-0.25, -0.2) is 4.39 Å². The van der Waals surface area contributed by atoms with E-state index in [1.54, 1.807) is 6.07 Å². The van der Waals surface area contributed by atoms with Crippen molar-refractivity contribution in [3.05, 3.63) is 57.9 Å². The summed E-state index contributed by atoms with van der Waals surface area (Å²) in [5.41, 5.74) is 4.97. The van der Waals surface area contributed by atoms with E-state index in [4.69, 9.17) is 23.8 Å². The van der Waals surface area contributed by atoms with E-state index in [9.17, 15) is 4.39 Å². The van der Waals surface area contributed by atoms with Crippen LogP contribution in [0.4, 0.5) is 15.8 Å². The van der Waals surface area contributed by atoms with Crippen LogP contribution in [0.25, 0.3) is 0 Å². The minimum atomic E-state index is -0.380. The summed E-state index contributed by atoms with van der Waals surface area (Å²) in [5, 5.41) is 6.84. The van der Waals surface area contributed by atoms with Gasteiger partial charge < -0.3 is 10.6 Å². The number of rotatable bonds is 2. The van der Waals surface area contributed by atoms with Gasteiger partial charge in [0.15, 0.2) is 5.11 Å². The van der Waals surface area contributed by atoms with Crippen molar-refractivity contribution in [3.63, 3.8) is 0 Å². The van der Waals surface area contributed by atoms with Crippen LogP contribution in [0.15, 0.2) is 30.3 Å². The second kappa shape index (κ2) is 6.41. The quantitative estimate of drug-likeness (QED) is 0.742. The number of hydrogen-bond acceptors (Lipinski definition) is 1. The number of anilines is 2. The number of halogens is 2. The van der Waals surface area contributed by atoms with Gasteiger partial charge in [-0.2, -0.15) is 0 Å². The Hall–Kier alpha value is -1.65. The van der Waals surface area contributed by atoms with Gasteiger partial charge in [0.25, 0.3) is 0 Å². The summed E-state index contributed by atoms with van der Waals surface area (Å²) in [6.07, 6.45) is 0. The molecule has 5 heteroatoms. The first-order valence-electron chi connectivity index (χ1n) is 6.47. The molecular weight excluding hydrogens is 307 g/mol. The van der Waals surface area contributed by atoms with Gasteiger partial charge in [-0.3, -0.25) is 0 Å². The highest BCUT2D eigenvalue weighted by Gasteiger charge is 2.08. The first kappa shape index (κ1) is 15.7. The number of hydrogen-bond donors (Lipinski definition) is 2. The molecule has 0 spiro atoms. The third-order valence-corrected chi connectivity index (χ3v) is 3.61. The largest absolute Gasteiger partial charge is 0.332 e. The van der Waals surface area contributed by atoms with Crippen molar-refractivity contribution in [2.45, 2.75) is 20.8 Å². The lowest BCUT2D eigenvalue weighted by Gasteiger charge is -2.16. The standard InChI is InChI=1S/C16H16ClFN2S/c1-9-6-10(2)15(11(3)7-9)20-16(21)19-14-5-4-12(18)8-13(14)17/h4-8H,1-3H3,(H2,19,20,21). The van der Waals surface area contributed by atoms with E-state index in [2.05, 4.69) is 29.7 Å². The van der Waals surface area contributed by atoms with Crippen molar-refractivity contribution in [1.82, 2.24) is 0 Å². The lowest BCUT2D eigenvalue weighted by atomic mass is 10.1. The SMILES string of the molecule is Cc1cc(C)c(NC(=S)Nc2ccc(F)cc2Cl)c(C)c1. The Morgan fingerprint density at radius 2 is 1.67 bits per heavy atom. The fraction of sp³-hybridized carbons (Fsp3) is 0.188. The Balaban J connectivity index is 2.16. The van der Waals surface area contributed by atoms with Crippen LogP contribution in [0.1, 0.15) is 16.7 Å². The maximum Gasteiger partial charge on any atom is 0.175 e. The van der Waals surface area contributed by atoms with E-state index in [0.717, 1.165) is 16.8 Å². The maximum absolute atomic E-state index is 13.0. The summed E-state index contributed by atoms with van der Waals surface area (Å²) in [5.74, 6) is -0.380. The zero-order valence-electron chi connectivity index (χ0n) is 12.1. The average molecular weight is 323 g/mol. The highest BCUT2D eigenvalue weighted by molar-refractivity contribution is 7.80. The summed E-state index contributed by atoms with van der Waals surface area (Å²) in [7, 11) is 0. The number of nitrogens with one attached hydrogen (secondary N) is 2. The normalized spacial score (nSPS) is 10.3. The molecule has 0 saturated carbocycles. The minimum Gasteiger partial charge on any atom is -0.332 e. The Kier molecular flexibility index (Phi) is 4.80. The van der Waals surface area contributed by atoms with Crippen LogP contribution >= 0.6 is 23.8 Å². The molecule has 0 unspecified atom stereocenters. The molecule has 0 radical (unpaired) electrons. The van der Waals surface area contributed by atoms with E-state index < -0.39 is 0 Å². The molecule has 0 bridgehead atoms. The Morgan fingerprint density at radius 1 is 1.05 bits per heavy atom. The zero-order valence-corrected chi connectivity index (χ0v) is 13.6. The molecule has 0 atom stereocenters. The smallest absolute Gasteiger partial charge is 0.175 e. The van der Waals surface area contributed by atoms with Crippen molar-refractivity contribution in [1.29, 1.82) is 0 Å². The number of benzene rings is 2. The van der Waals surface area contributed by atoms with Crippen LogP contribution in [0, 0.1) is 26.6 Å². The van der Waals surface area contributed by atoms with E-state index in [-0.39, 0.29) is 10.8 Å². The van der Waals surface area contributed by atoms with Crippen molar-refractivity contribution in [3.8, 4) is 0 Å². The Morgan fingerprint density at radius 3 is 2.24 bits per heavy atom. The third kappa shape index (κ3) is 3.93. The fourth-order valence-electron chi connectivity index (χ4n) is 2.24. The van der Waals surface area contributed by atoms with Crippen molar-refractivity contribution in [2.24, 2.45) is 0 Å². The molecule has 0 fully saturated rings. The first-order valence-corrected chi connectivity index (χ1v) is 7.26. The molecule has 0 amide bonds. The summed E-state index contributed by atoms with van der Waals surface area (Å²) in [6, 6.07) is 8.31. The van der Waals surface area contributed by atoms with Gasteiger partial charge in [0.2, 0.25) is 0 Å². The Bertz CT molecular complexity index is 678. The predicted molar refractivity (Wildman–Crippen MR) is 91.9 cm³/mol. The van der Waals surface area contributed by atoms with Gasteiger partial charge in [-0.05, 0) is 62.3 Å². The van der Waals surface area contributed by atoms with Gasteiger partial charge in [0.1, 0.15) is 5.82 Å². The molecule has 2 aromatic carbocycles. The molecule has 0 heterocycles. The molecule has 0 aromatic heterocycles. The molecule has 2 rings (SSSR count). The van der Waals surface area contributed by atoms with Crippen molar-refractivity contribution >= 4 is 40.3 Å². The highest BCUT2D eigenvalue weighted by atomic mass is 35.5. The van der Waals surface area contributed by atoms with Gasteiger partial charge in [0.05, 0.1) is 10.7 Å². The minimum absolute atomic E-state index is 0.288. The van der Waals surface area contributed by atoms with Gasteiger partial charge in [0, 0.05) is 5.69 Å². The average Bonchev–Trinajstić information content (AvgIpc) is 2.37. The predicted octanol–water partition coefficient (Wildman–Crippen LogP) is 5.21. The third-order valence-electron chi connectivity index (χ3n) is 3.09. The van der Waals surface area contributed by atoms with Crippen LogP contribution < -0.4 is 10.6 Å². The highest BCUT2D eigenvalue weighted by Crippen LogP contribution is 2.24. The second-order valence-corrected chi connectivity index (χ2v) is 5.79. The zero-order chi connectivity index (χ0) is 15.6. The lowest BCUT2D eigenvalue weighted by Crippen LogP contribution is -2.20.